The van der Waals surface area contributed by atoms with Crippen molar-refractivity contribution < 1.29 is 0 Å². The van der Waals surface area contributed by atoms with Crippen LogP contribution in [0.5, 0.6) is 0 Å². The van der Waals surface area contributed by atoms with E-state index in [1.54, 1.807) is 0 Å². The molecule has 0 spiro atoms. The molecule has 3 rings (SSSR count). The van der Waals surface area contributed by atoms with E-state index in [0.29, 0.717) is 10.8 Å². The van der Waals surface area contributed by atoms with Crippen molar-refractivity contribution in [3.63, 3.8) is 0 Å². The summed E-state index contributed by atoms with van der Waals surface area (Å²) < 4.78 is 0. The zero-order valence-electron chi connectivity index (χ0n) is 12.0. The maximum absolute atomic E-state index is 5.02. The van der Waals surface area contributed by atoms with Gasteiger partial charge in [-0.2, -0.15) is 0 Å². The predicted octanol–water partition coefficient (Wildman–Crippen LogP) is 4.91. The molecule has 0 saturated heterocycles. The van der Waals surface area contributed by atoms with Crippen molar-refractivity contribution in [2.75, 3.05) is 0 Å². The van der Waals surface area contributed by atoms with E-state index >= 15 is 0 Å². The third kappa shape index (κ3) is 1.43. The average Bonchev–Trinajstić information content (AvgIpc) is 2.65. The van der Waals surface area contributed by atoms with Gasteiger partial charge in [0.2, 0.25) is 0 Å². The maximum atomic E-state index is 5.02. The first-order chi connectivity index (χ1) is 8.45. The summed E-state index contributed by atoms with van der Waals surface area (Å²) in [6, 6.07) is 8.48. The van der Waals surface area contributed by atoms with Crippen LogP contribution in [-0.2, 0) is 0 Å². The minimum absolute atomic E-state index is 0.319. The monoisotopic (exact) mass is 241 g/mol. The molecule has 1 unspecified atom stereocenters. The van der Waals surface area contributed by atoms with Crippen LogP contribution in [0.25, 0.3) is 0 Å². The number of fused-ring (bicyclic) bond motifs is 2. The molecule has 1 heteroatoms. The van der Waals surface area contributed by atoms with Gasteiger partial charge >= 0.3 is 0 Å². The molecule has 0 aliphatic heterocycles. The molecule has 1 nitrogen and oxygen atoms in total. The van der Waals surface area contributed by atoms with Crippen LogP contribution < -0.4 is 0 Å². The molecule has 2 aliphatic carbocycles. The van der Waals surface area contributed by atoms with Crippen LogP contribution in [-0.4, -0.2) is 5.71 Å². The van der Waals surface area contributed by atoms with Crippen molar-refractivity contribution in [2.45, 2.75) is 47.0 Å². The molecule has 96 valence electrons. The molecule has 2 aliphatic rings. The van der Waals surface area contributed by atoms with Crippen molar-refractivity contribution in [2.24, 2.45) is 21.7 Å². The number of hydrogen-bond acceptors (Lipinski definition) is 1. The van der Waals surface area contributed by atoms with Gasteiger partial charge in [0.15, 0.2) is 0 Å². The molecule has 0 radical (unpaired) electrons. The van der Waals surface area contributed by atoms with Crippen LogP contribution in [0.1, 0.15) is 45.6 Å². The van der Waals surface area contributed by atoms with Crippen LogP contribution in [0, 0.1) is 23.7 Å². The second-order valence-corrected chi connectivity index (χ2v) is 6.84. The molecule has 1 aromatic carbocycles. The highest BCUT2D eigenvalue weighted by atomic mass is 14.8. The molecule has 2 fully saturated rings. The highest BCUT2D eigenvalue weighted by Gasteiger charge is 2.59. The minimum Gasteiger partial charge on any atom is -0.257 e. The molecular weight excluding hydrogens is 218 g/mol. The summed E-state index contributed by atoms with van der Waals surface area (Å²) in [5.74, 6) is 0.838. The lowest BCUT2D eigenvalue weighted by Crippen LogP contribution is -2.32. The zero-order valence-corrected chi connectivity index (χ0v) is 12.0. The lowest BCUT2D eigenvalue weighted by Gasteiger charge is -2.34. The van der Waals surface area contributed by atoms with Gasteiger partial charge in [-0.1, -0.05) is 39.0 Å². The number of benzene rings is 1. The van der Waals surface area contributed by atoms with Crippen molar-refractivity contribution in [1.29, 1.82) is 0 Å². The van der Waals surface area contributed by atoms with Crippen LogP contribution in [0.3, 0.4) is 0 Å². The summed E-state index contributed by atoms with van der Waals surface area (Å²) in [7, 11) is 0. The van der Waals surface area contributed by atoms with Crippen molar-refractivity contribution >= 4 is 11.4 Å². The van der Waals surface area contributed by atoms with Crippen LogP contribution in [0.2, 0.25) is 0 Å². The number of aryl methyl sites for hydroxylation is 1. The summed E-state index contributed by atoms with van der Waals surface area (Å²) in [5, 5.41) is 0. The second-order valence-electron chi connectivity index (χ2n) is 6.84. The summed E-state index contributed by atoms with van der Waals surface area (Å²) in [4.78, 5) is 5.02. The van der Waals surface area contributed by atoms with E-state index in [-0.39, 0.29) is 0 Å². The van der Waals surface area contributed by atoms with Crippen LogP contribution in [0.4, 0.5) is 5.69 Å². The Morgan fingerprint density at radius 3 is 2.44 bits per heavy atom. The fourth-order valence-corrected chi connectivity index (χ4v) is 3.93. The standard InChI is InChI=1S/C17H23N/c1-12-7-5-6-8-14(12)18-15-11-13-9-10-17(15,4)16(13,2)3/h5-8,13H,9-11H2,1-4H3/t13?,17-/m0/s1. The minimum atomic E-state index is 0.319. The first-order valence-corrected chi connectivity index (χ1v) is 7.09. The number of hydrogen-bond donors (Lipinski definition) is 0. The summed E-state index contributed by atoms with van der Waals surface area (Å²) in [6.07, 6.45) is 3.91. The van der Waals surface area contributed by atoms with Crippen molar-refractivity contribution in [1.82, 2.24) is 0 Å². The van der Waals surface area contributed by atoms with Crippen LogP contribution in [0.15, 0.2) is 29.3 Å². The van der Waals surface area contributed by atoms with E-state index in [9.17, 15) is 0 Å². The Morgan fingerprint density at radius 1 is 1.17 bits per heavy atom. The fourth-order valence-electron chi connectivity index (χ4n) is 3.93. The zero-order chi connectivity index (χ0) is 13.0. The van der Waals surface area contributed by atoms with Gasteiger partial charge in [-0.25, -0.2) is 0 Å². The summed E-state index contributed by atoms with van der Waals surface area (Å²) in [5.41, 5.74) is 4.64. The van der Waals surface area contributed by atoms with Gasteiger partial charge in [-0.3, -0.25) is 4.99 Å². The molecule has 0 amide bonds. The molecule has 1 aromatic rings. The second kappa shape index (κ2) is 3.69. The van der Waals surface area contributed by atoms with Gasteiger partial charge in [0, 0.05) is 11.1 Å². The van der Waals surface area contributed by atoms with E-state index in [1.165, 1.54) is 30.5 Å². The molecule has 2 atom stereocenters. The first kappa shape index (κ1) is 12.0. The normalized spacial score (nSPS) is 35.3. The van der Waals surface area contributed by atoms with Gasteiger partial charge in [0.05, 0.1) is 5.69 Å². The Hall–Kier alpha value is -1.11. The fraction of sp³-hybridized carbons (Fsp3) is 0.588. The average molecular weight is 241 g/mol. The SMILES string of the molecule is Cc1ccccc1N=C1CC2CC[C@]1(C)C2(C)C. The predicted molar refractivity (Wildman–Crippen MR) is 77.5 cm³/mol. The third-order valence-corrected chi connectivity index (χ3v) is 5.88. The van der Waals surface area contributed by atoms with E-state index in [4.69, 9.17) is 4.99 Å². The molecule has 0 aromatic heterocycles. The van der Waals surface area contributed by atoms with Gasteiger partial charge in [-0.15, -0.1) is 0 Å². The molecular formula is C17H23N. The number of rotatable bonds is 1. The Balaban J connectivity index is 2.03. The molecule has 2 bridgehead atoms. The smallest absolute Gasteiger partial charge is 0.0658 e. The lowest BCUT2D eigenvalue weighted by molar-refractivity contribution is 0.194. The van der Waals surface area contributed by atoms with Crippen molar-refractivity contribution in [3.8, 4) is 0 Å². The molecule has 18 heavy (non-hydrogen) atoms. The van der Waals surface area contributed by atoms with E-state index in [0.717, 1.165) is 11.6 Å². The first-order valence-electron chi connectivity index (χ1n) is 7.09. The number of para-hydroxylation sites is 1. The highest BCUT2D eigenvalue weighted by molar-refractivity contribution is 5.96. The summed E-state index contributed by atoms with van der Waals surface area (Å²) in [6.45, 7) is 9.45. The lowest BCUT2D eigenvalue weighted by atomic mass is 9.70. The Bertz CT molecular complexity index is 512. The largest absolute Gasteiger partial charge is 0.257 e. The van der Waals surface area contributed by atoms with Gasteiger partial charge in [0.25, 0.3) is 0 Å². The Morgan fingerprint density at radius 2 is 1.89 bits per heavy atom. The molecule has 2 saturated carbocycles. The number of aliphatic imine (C=N–C) groups is 1. The van der Waals surface area contributed by atoms with Gasteiger partial charge in [-0.05, 0) is 49.1 Å². The molecule has 0 heterocycles. The van der Waals surface area contributed by atoms with Gasteiger partial charge < -0.3 is 0 Å². The Labute approximate surface area is 110 Å². The van der Waals surface area contributed by atoms with Crippen LogP contribution >= 0.6 is 0 Å². The number of nitrogens with zero attached hydrogens (tertiary/aromatic N) is 1. The maximum Gasteiger partial charge on any atom is 0.0658 e. The molecule has 0 N–H and O–H groups in total. The Kier molecular flexibility index (Phi) is 2.45. The van der Waals surface area contributed by atoms with E-state index in [1.807, 2.05) is 0 Å². The van der Waals surface area contributed by atoms with Crippen molar-refractivity contribution in [3.05, 3.63) is 29.8 Å². The van der Waals surface area contributed by atoms with E-state index in [2.05, 4.69) is 52.0 Å². The quantitative estimate of drug-likeness (QED) is 0.662. The van der Waals surface area contributed by atoms with E-state index < -0.39 is 0 Å². The third-order valence-electron chi connectivity index (χ3n) is 5.88. The highest BCUT2D eigenvalue weighted by Crippen LogP contribution is 2.64. The topological polar surface area (TPSA) is 12.4 Å². The summed E-state index contributed by atoms with van der Waals surface area (Å²) >= 11 is 0. The van der Waals surface area contributed by atoms with Gasteiger partial charge in [0.1, 0.15) is 0 Å².